The molecule has 1 aliphatic rings. The lowest BCUT2D eigenvalue weighted by Gasteiger charge is -2.18. The molecule has 1 fully saturated rings. The summed E-state index contributed by atoms with van der Waals surface area (Å²) in [5.41, 5.74) is 1.37. The molecule has 1 heterocycles. The molecule has 0 bridgehead atoms. The van der Waals surface area contributed by atoms with Gasteiger partial charge in [-0.25, -0.2) is 8.42 Å². The summed E-state index contributed by atoms with van der Waals surface area (Å²) < 4.78 is 27.5. The van der Waals surface area contributed by atoms with Gasteiger partial charge < -0.3 is 10.2 Å². The number of sulfonamides is 1. The average molecular weight is 408 g/mol. The first kappa shape index (κ1) is 19.2. The van der Waals surface area contributed by atoms with Crippen molar-refractivity contribution in [3.05, 3.63) is 47.5 Å². The third kappa shape index (κ3) is 4.40. The minimum absolute atomic E-state index is 0.00416. The van der Waals surface area contributed by atoms with E-state index in [4.69, 9.17) is 11.6 Å². The second kappa shape index (κ2) is 7.58. The maximum atomic E-state index is 12.5. The lowest BCUT2D eigenvalue weighted by molar-refractivity contribution is -0.117. The first-order chi connectivity index (χ1) is 12.8. The number of nitrogens with one attached hydrogen (secondary N) is 2. The Labute approximate surface area is 162 Å². The van der Waals surface area contributed by atoms with Crippen LogP contribution in [0.25, 0.3) is 0 Å². The van der Waals surface area contributed by atoms with E-state index in [1.807, 2.05) is 0 Å². The Balaban J connectivity index is 1.78. The van der Waals surface area contributed by atoms with Gasteiger partial charge in [-0.05, 0) is 48.9 Å². The highest BCUT2D eigenvalue weighted by molar-refractivity contribution is 7.92. The van der Waals surface area contributed by atoms with Gasteiger partial charge in [-0.15, -0.1) is 0 Å². The van der Waals surface area contributed by atoms with Gasteiger partial charge in [-0.1, -0.05) is 11.6 Å². The van der Waals surface area contributed by atoms with Crippen LogP contribution in [0.4, 0.5) is 17.1 Å². The molecule has 1 saturated heterocycles. The monoisotopic (exact) mass is 407 g/mol. The molecule has 0 aromatic heterocycles. The zero-order chi connectivity index (χ0) is 19.6. The molecule has 2 aromatic carbocycles. The summed E-state index contributed by atoms with van der Waals surface area (Å²) in [4.78, 5) is 24.5. The molecule has 2 aromatic rings. The fourth-order valence-electron chi connectivity index (χ4n) is 2.83. The first-order valence-corrected chi connectivity index (χ1v) is 10.1. The van der Waals surface area contributed by atoms with E-state index in [0.29, 0.717) is 35.1 Å². The topological polar surface area (TPSA) is 95.6 Å². The first-order valence-electron chi connectivity index (χ1n) is 8.27. The van der Waals surface area contributed by atoms with E-state index in [-0.39, 0.29) is 16.7 Å². The van der Waals surface area contributed by atoms with Crippen LogP contribution in [0.3, 0.4) is 0 Å². The summed E-state index contributed by atoms with van der Waals surface area (Å²) in [6.45, 7) is 1.97. The van der Waals surface area contributed by atoms with Gasteiger partial charge in [-0.3, -0.25) is 14.3 Å². The number of carbonyl (C=O) groups is 2. The van der Waals surface area contributed by atoms with Gasteiger partial charge in [0.1, 0.15) is 0 Å². The molecule has 142 valence electrons. The number of carbonyl (C=O) groups excluding carboxylic acids is 2. The van der Waals surface area contributed by atoms with Crippen LogP contribution in [0.2, 0.25) is 5.02 Å². The number of halogens is 1. The Morgan fingerprint density at radius 3 is 2.33 bits per heavy atom. The van der Waals surface area contributed by atoms with E-state index >= 15 is 0 Å². The van der Waals surface area contributed by atoms with Crippen LogP contribution in [0.5, 0.6) is 0 Å². The average Bonchev–Trinajstić information content (AvgIpc) is 3.00. The summed E-state index contributed by atoms with van der Waals surface area (Å²) in [6.07, 6.45) is 1.26. The fourth-order valence-corrected chi connectivity index (χ4v) is 4.16. The SMILES string of the molecule is CC(=O)Nc1ccc(S(=O)(=O)Nc2ccc(N3CCCC3=O)c(Cl)c2)cc1. The van der Waals surface area contributed by atoms with Crippen LogP contribution in [-0.4, -0.2) is 26.8 Å². The third-order valence-electron chi connectivity index (χ3n) is 4.05. The number of hydrogen-bond donors (Lipinski definition) is 2. The Hall–Kier alpha value is -2.58. The van der Waals surface area contributed by atoms with Gasteiger partial charge >= 0.3 is 0 Å². The highest BCUT2D eigenvalue weighted by Gasteiger charge is 2.24. The molecule has 27 heavy (non-hydrogen) atoms. The summed E-state index contributed by atoms with van der Waals surface area (Å²) in [7, 11) is -3.82. The van der Waals surface area contributed by atoms with Crippen LogP contribution in [0.1, 0.15) is 19.8 Å². The number of nitrogens with zero attached hydrogens (tertiary/aromatic N) is 1. The molecular weight excluding hydrogens is 390 g/mol. The molecule has 0 unspecified atom stereocenters. The Bertz CT molecular complexity index is 990. The normalized spacial score (nSPS) is 14.3. The molecule has 0 aliphatic carbocycles. The molecule has 2 amide bonds. The summed E-state index contributed by atoms with van der Waals surface area (Å²) in [6, 6.07) is 10.5. The van der Waals surface area contributed by atoms with Crippen molar-refractivity contribution in [1.82, 2.24) is 0 Å². The smallest absolute Gasteiger partial charge is 0.261 e. The minimum atomic E-state index is -3.82. The molecule has 1 aliphatic heterocycles. The van der Waals surface area contributed by atoms with Crippen LogP contribution in [0.15, 0.2) is 47.4 Å². The zero-order valence-corrected chi connectivity index (χ0v) is 16.1. The van der Waals surface area contributed by atoms with Gasteiger partial charge in [0, 0.05) is 25.6 Å². The van der Waals surface area contributed by atoms with Crippen molar-refractivity contribution < 1.29 is 18.0 Å². The Morgan fingerprint density at radius 2 is 1.78 bits per heavy atom. The summed E-state index contributed by atoms with van der Waals surface area (Å²) >= 11 is 6.25. The van der Waals surface area contributed by atoms with Crippen LogP contribution < -0.4 is 14.9 Å². The predicted molar refractivity (Wildman–Crippen MR) is 105 cm³/mol. The molecule has 0 atom stereocenters. The molecule has 2 N–H and O–H groups in total. The Kier molecular flexibility index (Phi) is 5.38. The molecule has 7 nitrogen and oxygen atoms in total. The van der Waals surface area contributed by atoms with Gasteiger partial charge in [-0.2, -0.15) is 0 Å². The highest BCUT2D eigenvalue weighted by Crippen LogP contribution is 2.32. The lowest BCUT2D eigenvalue weighted by atomic mass is 10.2. The van der Waals surface area contributed by atoms with Crippen LogP contribution >= 0.6 is 11.6 Å². The van der Waals surface area contributed by atoms with Crippen LogP contribution in [0, 0.1) is 0 Å². The molecule has 0 spiro atoms. The molecule has 0 radical (unpaired) electrons. The fraction of sp³-hybridized carbons (Fsp3) is 0.222. The number of benzene rings is 2. The molecule has 3 rings (SSSR count). The number of anilines is 3. The predicted octanol–water partition coefficient (Wildman–Crippen LogP) is 3.23. The largest absolute Gasteiger partial charge is 0.326 e. The van der Waals surface area contributed by atoms with Crippen molar-refractivity contribution in [3.8, 4) is 0 Å². The maximum Gasteiger partial charge on any atom is 0.261 e. The van der Waals surface area contributed by atoms with E-state index in [1.165, 1.54) is 37.3 Å². The second-order valence-corrected chi connectivity index (χ2v) is 8.22. The second-order valence-electron chi connectivity index (χ2n) is 6.13. The van der Waals surface area contributed by atoms with E-state index in [1.54, 1.807) is 17.0 Å². The van der Waals surface area contributed by atoms with Gasteiger partial charge in [0.15, 0.2) is 0 Å². The zero-order valence-electron chi connectivity index (χ0n) is 14.5. The maximum absolute atomic E-state index is 12.5. The molecular formula is C18H18ClN3O4S. The standard InChI is InChI=1S/C18H18ClN3O4S/c1-12(23)20-13-4-7-15(8-5-13)27(25,26)21-14-6-9-17(16(19)11-14)22-10-2-3-18(22)24/h4-9,11,21H,2-3,10H2,1H3,(H,20,23). The number of hydrogen-bond acceptors (Lipinski definition) is 4. The van der Waals surface area contributed by atoms with Gasteiger partial charge in [0.25, 0.3) is 10.0 Å². The van der Waals surface area contributed by atoms with E-state index in [0.717, 1.165) is 6.42 Å². The summed E-state index contributed by atoms with van der Waals surface area (Å²) in [5, 5.41) is 2.87. The van der Waals surface area contributed by atoms with E-state index < -0.39 is 10.0 Å². The molecule has 9 heteroatoms. The van der Waals surface area contributed by atoms with Crippen molar-refractivity contribution in [2.75, 3.05) is 21.5 Å². The van der Waals surface area contributed by atoms with Gasteiger partial charge in [0.05, 0.1) is 21.3 Å². The van der Waals surface area contributed by atoms with Crippen LogP contribution in [-0.2, 0) is 19.6 Å². The van der Waals surface area contributed by atoms with Crippen molar-refractivity contribution in [2.45, 2.75) is 24.7 Å². The Morgan fingerprint density at radius 1 is 1.11 bits per heavy atom. The number of amides is 2. The van der Waals surface area contributed by atoms with Crippen molar-refractivity contribution in [1.29, 1.82) is 0 Å². The number of rotatable bonds is 5. The quantitative estimate of drug-likeness (QED) is 0.795. The van der Waals surface area contributed by atoms with E-state index in [2.05, 4.69) is 10.0 Å². The van der Waals surface area contributed by atoms with Crippen molar-refractivity contribution in [2.24, 2.45) is 0 Å². The third-order valence-corrected chi connectivity index (χ3v) is 5.75. The highest BCUT2D eigenvalue weighted by atomic mass is 35.5. The molecule has 0 saturated carbocycles. The van der Waals surface area contributed by atoms with Crippen molar-refractivity contribution in [3.63, 3.8) is 0 Å². The minimum Gasteiger partial charge on any atom is -0.326 e. The van der Waals surface area contributed by atoms with Gasteiger partial charge in [0.2, 0.25) is 11.8 Å². The van der Waals surface area contributed by atoms with Crippen molar-refractivity contribution >= 4 is 50.5 Å². The lowest BCUT2D eigenvalue weighted by Crippen LogP contribution is -2.24. The van der Waals surface area contributed by atoms with E-state index in [9.17, 15) is 18.0 Å². The summed E-state index contributed by atoms with van der Waals surface area (Å²) in [5.74, 6) is -0.237.